The van der Waals surface area contributed by atoms with E-state index in [1.165, 1.54) is 12.1 Å². The van der Waals surface area contributed by atoms with E-state index in [1.807, 2.05) is 0 Å². The van der Waals surface area contributed by atoms with E-state index >= 15 is 0 Å². The van der Waals surface area contributed by atoms with E-state index in [2.05, 4.69) is 61.2 Å². The van der Waals surface area contributed by atoms with Gasteiger partial charge in [-0.1, -0.05) is 12.1 Å². The Hall–Kier alpha value is -3.52. The molecule has 0 atom stereocenters. The van der Waals surface area contributed by atoms with Gasteiger partial charge in [-0.25, -0.2) is 4.39 Å². The zero-order chi connectivity index (χ0) is 20.8. The van der Waals surface area contributed by atoms with Crippen LogP contribution in [0.1, 0.15) is 18.4 Å². The van der Waals surface area contributed by atoms with Crippen LogP contribution in [0, 0.1) is 5.82 Å². The second kappa shape index (κ2) is 7.31. The first-order chi connectivity index (χ1) is 15.2. The maximum atomic E-state index is 13.4. The molecule has 1 saturated heterocycles. The van der Waals surface area contributed by atoms with Crippen LogP contribution < -0.4 is 10.6 Å². The van der Waals surface area contributed by atoms with Crippen molar-refractivity contribution in [3.8, 4) is 28.3 Å². The number of fused-ring (bicyclic) bond motifs is 5. The lowest BCUT2D eigenvalue weighted by atomic mass is 10.1. The van der Waals surface area contributed by atoms with Crippen molar-refractivity contribution in [3.05, 3.63) is 66.1 Å². The predicted molar refractivity (Wildman–Crippen MR) is 117 cm³/mol. The van der Waals surface area contributed by atoms with Crippen LogP contribution in [-0.4, -0.2) is 43.9 Å². The Labute approximate surface area is 178 Å². The van der Waals surface area contributed by atoms with E-state index in [0.717, 1.165) is 59.7 Å². The van der Waals surface area contributed by atoms with Crippen molar-refractivity contribution in [2.75, 3.05) is 18.4 Å². The summed E-state index contributed by atoms with van der Waals surface area (Å²) in [7, 11) is 0. The normalized spacial score (nSPS) is 15.6. The maximum absolute atomic E-state index is 13.4. The van der Waals surface area contributed by atoms with Crippen LogP contribution in [0.3, 0.4) is 0 Å². The lowest BCUT2D eigenvalue weighted by molar-refractivity contribution is 0.479. The quantitative estimate of drug-likeness (QED) is 0.472. The zero-order valence-corrected chi connectivity index (χ0v) is 16.9. The number of nitrogens with one attached hydrogen (secondary N) is 2. The van der Waals surface area contributed by atoms with Gasteiger partial charge >= 0.3 is 0 Å². The average Bonchev–Trinajstić information content (AvgIpc) is 3.40. The van der Waals surface area contributed by atoms with Crippen molar-refractivity contribution in [2.24, 2.45) is 0 Å². The molecule has 2 aromatic carbocycles. The van der Waals surface area contributed by atoms with Crippen molar-refractivity contribution >= 4 is 5.69 Å². The fourth-order valence-corrected chi connectivity index (χ4v) is 4.53. The van der Waals surface area contributed by atoms with E-state index in [9.17, 15) is 4.39 Å². The summed E-state index contributed by atoms with van der Waals surface area (Å²) in [4.78, 5) is 0. The smallest absolute Gasteiger partial charge is 0.203 e. The molecule has 2 aliphatic rings. The fraction of sp³-hybridized carbons (Fsp3) is 0.261. The summed E-state index contributed by atoms with van der Waals surface area (Å²) in [5.74, 6) is 0.461. The molecule has 0 saturated carbocycles. The Balaban J connectivity index is 1.40. The number of hydrogen-bond acceptors (Lipinski definition) is 5. The number of nitrogens with zero attached hydrogens (tertiary/aromatic N) is 5. The van der Waals surface area contributed by atoms with Gasteiger partial charge in [0.1, 0.15) is 5.82 Å². The summed E-state index contributed by atoms with van der Waals surface area (Å²) >= 11 is 0. The average molecular weight is 415 g/mol. The fourth-order valence-electron chi connectivity index (χ4n) is 4.53. The summed E-state index contributed by atoms with van der Waals surface area (Å²) in [5.41, 5.74) is 6.16. The van der Waals surface area contributed by atoms with Gasteiger partial charge in [-0.05, 0) is 83.9 Å². The summed E-state index contributed by atoms with van der Waals surface area (Å²) < 4.78 is 17.3. The first kappa shape index (κ1) is 18.3. The van der Waals surface area contributed by atoms with Crippen LogP contribution in [0.5, 0.6) is 0 Å². The lowest BCUT2D eigenvalue weighted by Gasteiger charge is -2.25. The van der Waals surface area contributed by atoms with Crippen molar-refractivity contribution < 1.29 is 4.39 Å². The summed E-state index contributed by atoms with van der Waals surface area (Å²) in [6.07, 6.45) is 4.33. The molecule has 0 amide bonds. The molecule has 156 valence electrons. The highest BCUT2D eigenvalue weighted by atomic mass is 19.1. The number of rotatable bonds is 3. The molecule has 7 nitrogen and oxygen atoms in total. The Kier molecular flexibility index (Phi) is 4.31. The van der Waals surface area contributed by atoms with Crippen LogP contribution in [-0.2, 0) is 6.54 Å². The third kappa shape index (κ3) is 3.29. The molecule has 2 aromatic heterocycles. The van der Waals surface area contributed by atoms with Crippen LogP contribution >= 0.6 is 0 Å². The molecule has 2 aliphatic heterocycles. The van der Waals surface area contributed by atoms with Gasteiger partial charge in [-0.2, -0.15) is 4.68 Å². The molecule has 2 N–H and O–H groups in total. The first-order valence-electron chi connectivity index (χ1n) is 10.6. The molecule has 4 aromatic rings. The van der Waals surface area contributed by atoms with E-state index < -0.39 is 0 Å². The van der Waals surface area contributed by atoms with Crippen LogP contribution in [0.15, 0.2) is 54.7 Å². The molecule has 6 rings (SSSR count). The second-order valence-electron chi connectivity index (χ2n) is 8.18. The van der Waals surface area contributed by atoms with E-state index in [-0.39, 0.29) is 5.82 Å². The van der Waals surface area contributed by atoms with Crippen molar-refractivity contribution in [2.45, 2.75) is 25.4 Å². The van der Waals surface area contributed by atoms with Gasteiger partial charge in [-0.15, -0.1) is 5.10 Å². The number of aromatic nitrogens is 5. The third-order valence-corrected chi connectivity index (χ3v) is 6.13. The largest absolute Gasteiger partial charge is 0.382 e. The Morgan fingerprint density at radius 3 is 2.68 bits per heavy atom. The SMILES string of the molecule is Fc1ccc(-c2cc3n(c2)Cc2cc(NC4CCNCC4)ccc2-n2nnnc2-3)cc1. The lowest BCUT2D eigenvalue weighted by Crippen LogP contribution is -2.35. The predicted octanol–water partition coefficient (Wildman–Crippen LogP) is 3.46. The highest BCUT2D eigenvalue weighted by Gasteiger charge is 2.23. The molecule has 4 heterocycles. The van der Waals surface area contributed by atoms with Crippen LogP contribution in [0.25, 0.3) is 28.3 Å². The molecule has 0 radical (unpaired) electrons. The van der Waals surface area contributed by atoms with Crippen LogP contribution in [0.2, 0.25) is 0 Å². The second-order valence-corrected chi connectivity index (χ2v) is 8.18. The van der Waals surface area contributed by atoms with Crippen molar-refractivity contribution in [1.29, 1.82) is 0 Å². The molecule has 0 bridgehead atoms. The monoisotopic (exact) mass is 415 g/mol. The number of halogens is 1. The molecule has 8 heteroatoms. The van der Waals surface area contributed by atoms with Crippen molar-refractivity contribution in [3.63, 3.8) is 0 Å². The molecular formula is C23H22FN7. The van der Waals surface area contributed by atoms with Crippen LogP contribution in [0.4, 0.5) is 10.1 Å². The molecule has 0 unspecified atom stereocenters. The van der Waals surface area contributed by atoms with Gasteiger partial charge in [0.25, 0.3) is 0 Å². The number of piperidine rings is 1. The highest BCUT2D eigenvalue weighted by molar-refractivity contribution is 5.71. The third-order valence-electron chi connectivity index (χ3n) is 6.13. The van der Waals surface area contributed by atoms with Gasteiger partial charge in [0.2, 0.25) is 5.82 Å². The molecule has 31 heavy (non-hydrogen) atoms. The number of hydrogen-bond donors (Lipinski definition) is 2. The number of benzene rings is 2. The van der Waals surface area contributed by atoms with Gasteiger partial charge in [-0.3, -0.25) is 0 Å². The van der Waals surface area contributed by atoms with E-state index in [4.69, 9.17) is 0 Å². The van der Waals surface area contributed by atoms with Gasteiger partial charge in [0.05, 0.1) is 11.4 Å². The minimum atomic E-state index is -0.240. The number of anilines is 1. The maximum Gasteiger partial charge on any atom is 0.203 e. The topological polar surface area (TPSA) is 72.6 Å². The Bertz CT molecular complexity index is 1240. The molecular weight excluding hydrogens is 393 g/mol. The standard InChI is InChI=1S/C23H22FN7/c24-18-3-1-15(2-4-18)16-12-22-23-27-28-29-31(23)21-6-5-20(11-17(21)14-30(22)13-16)26-19-7-9-25-10-8-19/h1-6,11-13,19,25-26H,7-10,14H2. The molecule has 0 spiro atoms. The van der Waals surface area contributed by atoms with E-state index in [1.54, 1.807) is 16.8 Å². The summed E-state index contributed by atoms with van der Waals surface area (Å²) in [6, 6.07) is 15.5. The summed E-state index contributed by atoms with van der Waals surface area (Å²) in [6.45, 7) is 2.80. The summed E-state index contributed by atoms with van der Waals surface area (Å²) in [5, 5.41) is 19.6. The molecule has 0 aliphatic carbocycles. The number of tetrazole rings is 1. The Morgan fingerprint density at radius 2 is 1.84 bits per heavy atom. The van der Waals surface area contributed by atoms with Crippen molar-refractivity contribution in [1.82, 2.24) is 30.1 Å². The van der Waals surface area contributed by atoms with Gasteiger partial charge in [0, 0.05) is 30.0 Å². The zero-order valence-electron chi connectivity index (χ0n) is 16.9. The van der Waals surface area contributed by atoms with Gasteiger partial charge < -0.3 is 15.2 Å². The van der Waals surface area contributed by atoms with E-state index in [0.29, 0.717) is 18.4 Å². The minimum Gasteiger partial charge on any atom is -0.382 e. The minimum absolute atomic E-state index is 0.240. The first-order valence-corrected chi connectivity index (χ1v) is 10.6. The Morgan fingerprint density at radius 1 is 1.00 bits per heavy atom. The highest BCUT2D eigenvalue weighted by Crippen LogP contribution is 2.34. The van der Waals surface area contributed by atoms with Gasteiger partial charge in [0.15, 0.2) is 0 Å². The molecule has 1 fully saturated rings.